The molecule has 1 aromatic carbocycles. The van der Waals surface area contributed by atoms with E-state index in [0.29, 0.717) is 29.3 Å². The van der Waals surface area contributed by atoms with Gasteiger partial charge in [0.25, 0.3) is 5.91 Å². The van der Waals surface area contributed by atoms with Gasteiger partial charge in [0.05, 0.1) is 11.6 Å². The third kappa shape index (κ3) is 3.67. The van der Waals surface area contributed by atoms with Crippen molar-refractivity contribution < 1.29 is 19.4 Å². The predicted molar refractivity (Wildman–Crippen MR) is 78.8 cm³/mol. The summed E-state index contributed by atoms with van der Waals surface area (Å²) < 4.78 is 5.52. The molecule has 0 aromatic heterocycles. The lowest BCUT2D eigenvalue weighted by molar-refractivity contribution is -0.137. The number of amides is 1. The van der Waals surface area contributed by atoms with Gasteiger partial charge >= 0.3 is 5.97 Å². The summed E-state index contributed by atoms with van der Waals surface area (Å²) in [5.74, 6) is -0.336. The van der Waals surface area contributed by atoms with Crippen molar-refractivity contribution in [3.8, 4) is 5.75 Å². The zero-order chi connectivity index (χ0) is 15.4. The van der Waals surface area contributed by atoms with Crippen LogP contribution in [-0.2, 0) is 11.3 Å². The van der Waals surface area contributed by atoms with Crippen LogP contribution in [0.5, 0.6) is 5.75 Å². The van der Waals surface area contributed by atoms with Crippen molar-refractivity contribution in [1.82, 2.24) is 4.90 Å². The van der Waals surface area contributed by atoms with Gasteiger partial charge in [-0.25, -0.2) is 0 Å². The van der Waals surface area contributed by atoms with Crippen LogP contribution in [0.15, 0.2) is 12.1 Å². The minimum absolute atomic E-state index is 0.00572. The van der Waals surface area contributed by atoms with Crippen LogP contribution in [0.4, 0.5) is 0 Å². The smallest absolute Gasteiger partial charge is 0.303 e. The van der Waals surface area contributed by atoms with Gasteiger partial charge in [-0.2, -0.15) is 0 Å². The number of carboxylic acids is 1. The van der Waals surface area contributed by atoms with Crippen molar-refractivity contribution in [3.63, 3.8) is 0 Å². The Morgan fingerprint density at radius 1 is 1.48 bits per heavy atom. The zero-order valence-corrected chi connectivity index (χ0v) is 12.7. The van der Waals surface area contributed by atoms with Crippen molar-refractivity contribution in [3.05, 3.63) is 28.3 Å². The fourth-order valence-electron chi connectivity index (χ4n) is 2.34. The number of carboxylic acid groups (broad SMARTS) is 1. The molecule has 1 aliphatic heterocycles. The Bertz CT molecular complexity index is 559. The van der Waals surface area contributed by atoms with Crippen LogP contribution in [0.25, 0.3) is 0 Å². The number of hydrogen-bond donors (Lipinski definition) is 1. The zero-order valence-electron chi connectivity index (χ0n) is 11.9. The number of aliphatic carboxylic acids is 1. The summed E-state index contributed by atoms with van der Waals surface area (Å²) in [5, 5.41) is 8.96. The third-order valence-electron chi connectivity index (χ3n) is 3.32. The topological polar surface area (TPSA) is 66.8 Å². The summed E-state index contributed by atoms with van der Waals surface area (Å²) in [5.41, 5.74) is 1.54. The third-order valence-corrected chi connectivity index (χ3v) is 3.62. The Morgan fingerprint density at radius 3 is 2.90 bits per heavy atom. The van der Waals surface area contributed by atoms with Gasteiger partial charge in [-0.3, -0.25) is 9.59 Å². The fraction of sp³-hybridized carbons (Fsp3) is 0.467. The first-order valence-electron chi connectivity index (χ1n) is 6.99. The minimum atomic E-state index is -0.848. The van der Waals surface area contributed by atoms with E-state index in [0.717, 1.165) is 18.5 Å². The quantitative estimate of drug-likeness (QED) is 0.786. The Morgan fingerprint density at radius 2 is 2.24 bits per heavy atom. The van der Waals surface area contributed by atoms with Crippen LogP contribution < -0.4 is 4.74 Å². The summed E-state index contributed by atoms with van der Waals surface area (Å²) in [6.45, 7) is 3.61. The second kappa shape index (κ2) is 6.80. The van der Waals surface area contributed by atoms with Gasteiger partial charge in [-0.1, -0.05) is 18.5 Å². The second-order valence-corrected chi connectivity index (χ2v) is 5.42. The molecule has 0 radical (unpaired) electrons. The van der Waals surface area contributed by atoms with Crippen molar-refractivity contribution in [2.45, 2.75) is 32.7 Å². The fourth-order valence-corrected chi connectivity index (χ4v) is 2.56. The van der Waals surface area contributed by atoms with E-state index in [4.69, 9.17) is 21.4 Å². The van der Waals surface area contributed by atoms with Crippen molar-refractivity contribution in [2.75, 3.05) is 13.2 Å². The largest absolute Gasteiger partial charge is 0.492 e. The maximum absolute atomic E-state index is 12.1. The molecule has 0 aliphatic carbocycles. The summed E-state index contributed by atoms with van der Waals surface area (Å²) in [6, 6.07) is 3.42. The van der Waals surface area contributed by atoms with Crippen molar-refractivity contribution in [2.24, 2.45) is 0 Å². The summed E-state index contributed by atoms with van der Waals surface area (Å²) in [4.78, 5) is 24.4. The number of nitrogens with zero attached hydrogens (tertiary/aromatic N) is 1. The molecule has 1 aliphatic rings. The van der Waals surface area contributed by atoms with Gasteiger partial charge < -0.3 is 14.7 Å². The molecule has 0 bridgehead atoms. The lowest BCUT2D eigenvalue weighted by Gasteiger charge is -2.13. The Kier molecular flexibility index (Phi) is 5.07. The van der Waals surface area contributed by atoms with E-state index < -0.39 is 5.97 Å². The van der Waals surface area contributed by atoms with Crippen molar-refractivity contribution >= 4 is 23.5 Å². The first kappa shape index (κ1) is 15.6. The average molecular weight is 312 g/mol. The molecule has 1 aromatic rings. The number of rotatable bonds is 7. The highest BCUT2D eigenvalue weighted by Crippen LogP contribution is 2.33. The number of ether oxygens (including phenoxy) is 1. The van der Waals surface area contributed by atoms with E-state index in [2.05, 4.69) is 0 Å². The molecule has 0 spiro atoms. The summed E-state index contributed by atoms with van der Waals surface area (Å²) in [7, 11) is 0. The molecule has 0 fully saturated rings. The molecular weight excluding hydrogens is 294 g/mol. The highest BCUT2D eigenvalue weighted by molar-refractivity contribution is 6.32. The molecule has 114 valence electrons. The predicted octanol–water partition coefficient (Wildman–Crippen LogP) is 2.95. The molecule has 0 saturated carbocycles. The van der Waals surface area contributed by atoms with Crippen molar-refractivity contribution in [1.29, 1.82) is 0 Å². The highest BCUT2D eigenvalue weighted by atomic mass is 35.5. The Hall–Kier alpha value is -1.75. The maximum Gasteiger partial charge on any atom is 0.303 e. The Labute approximate surface area is 128 Å². The van der Waals surface area contributed by atoms with E-state index in [-0.39, 0.29) is 18.9 Å². The van der Waals surface area contributed by atoms with Gasteiger partial charge in [-0.15, -0.1) is 0 Å². The molecule has 1 amide bonds. The van der Waals surface area contributed by atoms with E-state index in [1.807, 2.05) is 6.92 Å². The van der Waals surface area contributed by atoms with E-state index in [9.17, 15) is 9.59 Å². The number of carbonyl (C=O) groups excluding carboxylic acids is 1. The lowest BCUT2D eigenvalue weighted by atomic mass is 10.1. The molecule has 21 heavy (non-hydrogen) atoms. The van der Waals surface area contributed by atoms with Gasteiger partial charge in [0.15, 0.2) is 0 Å². The number of halogens is 1. The van der Waals surface area contributed by atoms with Crippen LogP contribution in [0.1, 0.15) is 42.1 Å². The molecule has 2 rings (SSSR count). The molecule has 0 saturated heterocycles. The van der Waals surface area contributed by atoms with Gasteiger partial charge in [0.2, 0.25) is 0 Å². The van der Waals surface area contributed by atoms with E-state index in [1.165, 1.54) is 0 Å². The average Bonchev–Trinajstić information content (AvgIpc) is 2.72. The number of hydrogen-bond acceptors (Lipinski definition) is 3. The first-order valence-corrected chi connectivity index (χ1v) is 7.37. The monoisotopic (exact) mass is 311 g/mol. The van der Waals surface area contributed by atoms with Gasteiger partial charge in [0, 0.05) is 25.1 Å². The summed E-state index contributed by atoms with van der Waals surface area (Å²) in [6.07, 6.45) is 1.39. The standard InChI is InChI=1S/C15H18ClNO4/c1-2-5-17-9-10-7-13(21-6-3-4-14(18)19)12(16)8-11(10)15(17)20/h7-8H,2-6,9H2,1H3,(H,18,19). The van der Waals surface area contributed by atoms with Gasteiger partial charge in [0.1, 0.15) is 5.75 Å². The molecule has 0 atom stereocenters. The van der Waals surface area contributed by atoms with Crippen LogP contribution in [0.3, 0.4) is 0 Å². The first-order chi connectivity index (χ1) is 10.0. The molecule has 5 nitrogen and oxygen atoms in total. The van der Waals surface area contributed by atoms with Crippen LogP contribution in [-0.4, -0.2) is 35.0 Å². The van der Waals surface area contributed by atoms with E-state index in [1.54, 1.807) is 17.0 Å². The highest BCUT2D eigenvalue weighted by Gasteiger charge is 2.28. The molecule has 1 heterocycles. The second-order valence-electron chi connectivity index (χ2n) is 5.01. The summed E-state index contributed by atoms with van der Waals surface area (Å²) >= 11 is 6.13. The molecule has 0 unspecified atom stereocenters. The minimum Gasteiger partial charge on any atom is -0.492 e. The maximum atomic E-state index is 12.1. The van der Waals surface area contributed by atoms with Crippen LogP contribution in [0.2, 0.25) is 5.02 Å². The van der Waals surface area contributed by atoms with Crippen LogP contribution >= 0.6 is 11.6 Å². The molecule has 6 heteroatoms. The van der Waals surface area contributed by atoms with Gasteiger partial charge in [-0.05, 0) is 30.5 Å². The number of benzene rings is 1. The molecular formula is C15H18ClNO4. The number of fused-ring (bicyclic) bond motifs is 1. The lowest BCUT2D eigenvalue weighted by Crippen LogP contribution is -2.24. The van der Waals surface area contributed by atoms with E-state index >= 15 is 0 Å². The SMILES string of the molecule is CCCN1Cc2cc(OCCCC(=O)O)c(Cl)cc2C1=O. The van der Waals surface area contributed by atoms with Crippen LogP contribution in [0, 0.1) is 0 Å². The molecule has 1 N–H and O–H groups in total. The normalized spacial score (nSPS) is 13.4. The number of carbonyl (C=O) groups is 2. The Balaban J connectivity index is 2.05.